The van der Waals surface area contributed by atoms with E-state index >= 15 is 0 Å². The van der Waals surface area contributed by atoms with Crippen molar-refractivity contribution < 1.29 is 4.79 Å². The summed E-state index contributed by atoms with van der Waals surface area (Å²) in [5.41, 5.74) is 0.554. The minimum Gasteiger partial charge on any atom is -0.364 e. The second kappa shape index (κ2) is 5.87. The lowest BCUT2D eigenvalue weighted by Gasteiger charge is -2.08. The monoisotopic (exact) mass is 330 g/mol. The summed E-state index contributed by atoms with van der Waals surface area (Å²) in [5, 5.41) is 3.29. The van der Waals surface area contributed by atoms with Gasteiger partial charge in [-0.2, -0.15) is 0 Å². The summed E-state index contributed by atoms with van der Waals surface area (Å²) < 4.78 is 0. The molecule has 2 N–H and O–H groups in total. The quantitative estimate of drug-likeness (QED) is 0.820. The van der Waals surface area contributed by atoms with Gasteiger partial charge in [-0.3, -0.25) is 9.59 Å². The molecule has 1 amide bonds. The number of carbonyl (C=O) groups is 1. The molecule has 1 aromatic carbocycles. The van der Waals surface area contributed by atoms with E-state index in [1.807, 2.05) is 0 Å². The van der Waals surface area contributed by atoms with Gasteiger partial charge in [0.05, 0.1) is 20.8 Å². The Morgan fingerprint density at radius 1 is 1.10 bits per heavy atom. The average molecular weight is 332 g/mol. The number of amides is 1. The number of nitrogens with one attached hydrogen (secondary N) is 2. The lowest BCUT2D eigenvalue weighted by molar-refractivity contribution is 0.102. The Kier molecular flexibility index (Phi) is 4.38. The van der Waals surface area contributed by atoms with E-state index in [2.05, 4.69) is 10.3 Å². The van der Waals surface area contributed by atoms with Crippen molar-refractivity contribution in [2.24, 2.45) is 0 Å². The molecule has 0 aliphatic rings. The molecule has 0 saturated heterocycles. The van der Waals surface area contributed by atoms with Crippen molar-refractivity contribution in [3.05, 3.63) is 60.9 Å². The predicted octanol–water partition coefficient (Wildman–Crippen LogP) is 3.90. The zero-order valence-corrected chi connectivity index (χ0v) is 12.5. The molecular weight excluding hydrogens is 323 g/mol. The zero-order valence-electron chi connectivity index (χ0n) is 10.3. The molecule has 1 heterocycles. The molecule has 20 heavy (non-hydrogen) atoms. The Balaban J connectivity index is 2.33. The van der Waals surface area contributed by atoms with Crippen LogP contribution in [0.2, 0.25) is 15.1 Å². The van der Waals surface area contributed by atoms with Crippen molar-refractivity contribution in [1.82, 2.24) is 4.98 Å². The van der Waals surface area contributed by atoms with Gasteiger partial charge in [-0.25, -0.2) is 0 Å². The van der Waals surface area contributed by atoms with Crippen LogP contribution in [0.1, 0.15) is 16.1 Å². The highest BCUT2D eigenvalue weighted by atomic mass is 35.5. The van der Waals surface area contributed by atoms with Gasteiger partial charge in [0.15, 0.2) is 5.43 Å². The second-order valence-electron chi connectivity index (χ2n) is 4.09. The number of rotatable bonds is 2. The van der Waals surface area contributed by atoms with Gasteiger partial charge < -0.3 is 10.3 Å². The lowest BCUT2D eigenvalue weighted by atomic mass is 10.2. The first-order valence-electron chi connectivity index (χ1n) is 5.53. The second-order valence-corrected chi connectivity index (χ2v) is 5.32. The summed E-state index contributed by atoms with van der Waals surface area (Å²) in [6, 6.07) is 4.18. The molecule has 0 unspecified atom stereocenters. The van der Waals surface area contributed by atoms with E-state index < -0.39 is 5.91 Å². The fourth-order valence-corrected chi connectivity index (χ4v) is 2.15. The van der Waals surface area contributed by atoms with Crippen LogP contribution >= 0.6 is 34.8 Å². The van der Waals surface area contributed by atoms with Crippen LogP contribution in [-0.4, -0.2) is 10.9 Å². The molecule has 0 saturated carbocycles. The van der Waals surface area contributed by atoms with E-state index in [9.17, 15) is 9.59 Å². The van der Waals surface area contributed by atoms with Gasteiger partial charge in [-0.15, -0.1) is 0 Å². The number of hydrogen-bond acceptors (Lipinski definition) is 2. The number of halogens is 3. The van der Waals surface area contributed by atoms with Crippen LogP contribution in [0.25, 0.3) is 0 Å². The van der Waals surface area contributed by atoms with E-state index in [1.165, 1.54) is 24.4 Å². The Morgan fingerprint density at radius 2 is 1.75 bits per heavy atom. The number of aromatic amines is 1. The molecule has 2 aromatic rings. The summed E-state index contributed by atoms with van der Waals surface area (Å²) in [6.07, 6.45) is 1.35. The molecule has 7 heteroatoms. The SMILES string of the molecule is Cc1cc(=O)c(C(=O)Nc2cc(Cl)c(Cl)cc2Cl)c[nH]1. The number of pyridine rings is 1. The topological polar surface area (TPSA) is 62.0 Å². The minimum absolute atomic E-state index is 0.0160. The molecule has 0 radical (unpaired) electrons. The Hall–Kier alpha value is -1.49. The third kappa shape index (κ3) is 3.15. The van der Waals surface area contributed by atoms with Crippen LogP contribution in [0.4, 0.5) is 5.69 Å². The molecule has 0 aliphatic carbocycles. The van der Waals surface area contributed by atoms with Crippen LogP contribution in [0, 0.1) is 6.92 Å². The Bertz CT molecular complexity index is 741. The molecule has 0 fully saturated rings. The first kappa shape index (κ1) is 14.9. The number of hydrogen-bond donors (Lipinski definition) is 2. The number of anilines is 1. The van der Waals surface area contributed by atoms with Crippen molar-refractivity contribution in [3.63, 3.8) is 0 Å². The summed E-state index contributed by atoms with van der Waals surface area (Å²) in [5.74, 6) is -0.577. The summed E-state index contributed by atoms with van der Waals surface area (Å²) in [7, 11) is 0. The van der Waals surface area contributed by atoms with Crippen LogP contribution in [0.5, 0.6) is 0 Å². The fourth-order valence-electron chi connectivity index (χ4n) is 1.56. The zero-order chi connectivity index (χ0) is 14.9. The highest BCUT2D eigenvalue weighted by Crippen LogP contribution is 2.32. The number of H-pyrrole nitrogens is 1. The molecule has 0 atom stereocenters. The van der Waals surface area contributed by atoms with E-state index in [0.29, 0.717) is 5.69 Å². The van der Waals surface area contributed by atoms with E-state index in [4.69, 9.17) is 34.8 Å². The Morgan fingerprint density at radius 3 is 2.40 bits per heavy atom. The first-order chi connectivity index (χ1) is 9.38. The molecule has 0 aliphatic heterocycles. The maximum atomic E-state index is 12.0. The highest BCUT2D eigenvalue weighted by molar-refractivity contribution is 6.44. The minimum atomic E-state index is -0.577. The maximum Gasteiger partial charge on any atom is 0.261 e. The Labute approximate surface area is 129 Å². The van der Waals surface area contributed by atoms with Crippen molar-refractivity contribution in [2.75, 3.05) is 5.32 Å². The van der Waals surface area contributed by atoms with Crippen LogP contribution < -0.4 is 10.7 Å². The van der Waals surface area contributed by atoms with Crippen molar-refractivity contribution in [3.8, 4) is 0 Å². The van der Waals surface area contributed by atoms with Gasteiger partial charge in [0, 0.05) is 18.0 Å². The lowest BCUT2D eigenvalue weighted by Crippen LogP contribution is -2.21. The van der Waals surface area contributed by atoms with E-state index in [0.717, 1.165) is 0 Å². The maximum absolute atomic E-state index is 12.0. The fraction of sp³-hybridized carbons (Fsp3) is 0.0769. The third-order valence-electron chi connectivity index (χ3n) is 2.56. The van der Waals surface area contributed by atoms with Gasteiger partial charge in [0.2, 0.25) is 0 Å². The highest BCUT2D eigenvalue weighted by Gasteiger charge is 2.13. The smallest absolute Gasteiger partial charge is 0.261 e. The van der Waals surface area contributed by atoms with E-state index in [-0.39, 0.29) is 31.7 Å². The normalized spacial score (nSPS) is 10.4. The molecule has 0 spiro atoms. The van der Waals surface area contributed by atoms with Gasteiger partial charge in [0.1, 0.15) is 5.56 Å². The van der Waals surface area contributed by atoms with Crippen LogP contribution in [-0.2, 0) is 0 Å². The largest absolute Gasteiger partial charge is 0.364 e. The van der Waals surface area contributed by atoms with Gasteiger partial charge in [0.25, 0.3) is 5.91 Å². The number of aryl methyl sites for hydroxylation is 1. The van der Waals surface area contributed by atoms with Gasteiger partial charge in [-0.05, 0) is 19.1 Å². The van der Waals surface area contributed by atoms with Crippen molar-refractivity contribution >= 4 is 46.4 Å². The summed E-state index contributed by atoms with van der Waals surface area (Å²) in [4.78, 5) is 26.5. The van der Waals surface area contributed by atoms with Crippen LogP contribution in [0.15, 0.2) is 29.2 Å². The molecular formula is C13H9Cl3N2O2. The summed E-state index contributed by atoms with van der Waals surface area (Å²) in [6.45, 7) is 1.72. The molecule has 0 bridgehead atoms. The first-order valence-corrected chi connectivity index (χ1v) is 6.67. The van der Waals surface area contributed by atoms with Crippen molar-refractivity contribution in [2.45, 2.75) is 6.92 Å². The van der Waals surface area contributed by atoms with Gasteiger partial charge in [-0.1, -0.05) is 34.8 Å². The van der Waals surface area contributed by atoms with Gasteiger partial charge >= 0.3 is 0 Å². The predicted molar refractivity (Wildman–Crippen MR) is 81.2 cm³/mol. The average Bonchev–Trinajstić information content (AvgIpc) is 2.35. The number of benzene rings is 1. The molecule has 104 valence electrons. The van der Waals surface area contributed by atoms with E-state index in [1.54, 1.807) is 6.92 Å². The molecule has 2 rings (SSSR count). The molecule has 4 nitrogen and oxygen atoms in total. The molecule has 1 aromatic heterocycles. The number of carbonyl (C=O) groups excluding carboxylic acids is 1. The third-order valence-corrected chi connectivity index (χ3v) is 3.59. The van der Waals surface area contributed by atoms with Crippen LogP contribution in [0.3, 0.4) is 0 Å². The number of aromatic nitrogens is 1. The summed E-state index contributed by atoms with van der Waals surface area (Å²) >= 11 is 17.6. The standard InChI is InChI=1S/C13H9Cl3N2O2/c1-6-2-12(19)7(5-17-6)13(20)18-11-4-9(15)8(14)3-10(11)16/h2-5H,1H3,(H,17,19)(H,18,20). The van der Waals surface area contributed by atoms with Crippen molar-refractivity contribution in [1.29, 1.82) is 0 Å².